The number of benzene rings is 3. The first-order valence-electron chi connectivity index (χ1n) is 28.0. The zero-order valence-electron chi connectivity index (χ0n) is 44.6. The molecule has 0 amide bonds. The van der Waals surface area contributed by atoms with Crippen molar-refractivity contribution in [2.75, 3.05) is 0 Å². The molecule has 0 aromatic heterocycles. The maximum atomic E-state index is 14.2. The molecule has 0 bridgehead atoms. The number of hydrogen-bond acceptors (Lipinski definition) is 10. The van der Waals surface area contributed by atoms with Crippen molar-refractivity contribution in [2.24, 2.45) is 0 Å². The minimum atomic E-state index is -6.51. The standard InChI is InChI=1S/3C18H30O3S.C3H7O.Ti/c3*1-2-3-4-5-6-7-8-9-10-11-12-17-13-15-18(16-14-17)22(19,20)21;1-3(2)4;/h3*13-16H,2-12H2,1H3,(H,19,20,21);3H,1-2H3;/q;;;-1;+4/p-3. The van der Waals surface area contributed by atoms with E-state index in [1.54, 1.807) is 36.4 Å². The average molecular weight is 1080 g/mol. The van der Waals surface area contributed by atoms with E-state index in [4.69, 9.17) is 11.6 Å². The second-order valence-corrected chi connectivity index (χ2v) is 28.9. The van der Waals surface area contributed by atoms with Gasteiger partial charge in [-0.05, 0) is 0 Å². The first-order chi connectivity index (χ1) is 34.1. The van der Waals surface area contributed by atoms with Crippen LogP contribution in [-0.2, 0) is 79.4 Å². The van der Waals surface area contributed by atoms with Gasteiger partial charge in [-0.3, -0.25) is 0 Å². The van der Waals surface area contributed by atoms with Crippen molar-refractivity contribution in [1.82, 2.24) is 0 Å². The van der Waals surface area contributed by atoms with Crippen LogP contribution in [0, 0.1) is 0 Å². The summed E-state index contributed by atoms with van der Waals surface area (Å²) in [5.74, 6) is 0. The van der Waals surface area contributed by atoms with Crippen LogP contribution >= 0.6 is 0 Å². The number of hydrogen-bond donors (Lipinski definition) is 0. The Balaban J connectivity index is 1.77. The van der Waals surface area contributed by atoms with E-state index in [9.17, 15) is 25.3 Å². The van der Waals surface area contributed by atoms with E-state index >= 15 is 0 Å². The van der Waals surface area contributed by atoms with E-state index in [1.165, 1.54) is 185 Å². The molecule has 10 nitrogen and oxygen atoms in total. The fourth-order valence-electron chi connectivity index (χ4n) is 8.85. The van der Waals surface area contributed by atoms with Gasteiger partial charge in [0.05, 0.1) is 0 Å². The third-order valence-electron chi connectivity index (χ3n) is 13.1. The molecule has 0 aliphatic heterocycles. The molecule has 0 unspecified atom stereocenters. The maximum absolute atomic E-state index is 14.2. The molecule has 0 N–H and O–H groups in total. The summed E-state index contributed by atoms with van der Waals surface area (Å²) in [7, 11) is -14.7. The second-order valence-electron chi connectivity index (χ2n) is 20.0. The van der Waals surface area contributed by atoms with Crippen LogP contribution in [0.1, 0.15) is 244 Å². The molecule has 0 aliphatic rings. The molecule has 3 rings (SSSR count). The van der Waals surface area contributed by atoms with Crippen LogP contribution in [0.4, 0.5) is 0 Å². The van der Waals surface area contributed by atoms with Crippen molar-refractivity contribution < 1.29 is 55.0 Å². The molecule has 0 fully saturated rings. The third kappa shape index (κ3) is 26.9. The Bertz CT molecular complexity index is 1920. The van der Waals surface area contributed by atoms with Gasteiger partial charge in [0.25, 0.3) is 0 Å². The van der Waals surface area contributed by atoms with Crippen LogP contribution in [0.15, 0.2) is 87.5 Å². The van der Waals surface area contributed by atoms with Gasteiger partial charge in [0.2, 0.25) is 0 Å². The van der Waals surface area contributed by atoms with Crippen molar-refractivity contribution in [3.8, 4) is 0 Å². The Morgan fingerprint density at radius 1 is 0.324 bits per heavy atom. The molecule has 404 valence electrons. The van der Waals surface area contributed by atoms with Crippen LogP contribution in [0.2, 0.25) is 0 Å². The third-order valence-corrected chi connectivity index (χ3v) is 24.1. The summed E-state index contributed by atoms with van der Waals surface area (Å²) < 4.78 is 108. The molecular formula is C57H94O10S3Ti. The summed E-state index contributed by atoms with van der Waals surface area (Å²) in [6.07, 6.45) is 37.5. The fourth-order valence-corrected chi connectivity index (χ4v) is 19.6. The molecule has 0 aliphatic carbocycles. The molecule has 14 heteroatoms. The van der Waals surface area contributed by atoms with Gasteiger partial charge in [0, 0.05) is 0 Å². The number of rotatable bonds is 44. The zero-order chi connectivity index (χ0) is 51.7. The van der Waals surface area contributed by atoms with E-state index in [-0.39, 0.29) is 14.7 Å². The van der Waals surface area contributed by atoms with Crippen molar-refractivity contribution in [3.63, 3.8) is 0 Å². The normalized spacial score (nSPS) is 12.6. The Kier molecular flexibility index (Phi) is 32.2. The Morgan fingerprint density at radius 2 is 0.521 bits per heavy atom. The van der Waals surface area contributed by atoms with Crippen molar-refractivity contribution in [2.45, 2.75) is 267 Å². The molecule has 0 radical (unpaired) electrons. The molecule has 0 atom stereocenters. The first-order valence-corrected chi connectivity index (χ1v) is 34.7. The molecule has 0 saturated carbocycles. The van der Waals surface area contributed by atoms with E-state index in [2.05, 4.69) is 20.8 Å². The number of aryl methyl sites for hydroxylation is 3. The molecule has 3 aromatic rings. The Morgan fingerprint density at radius 3 is 0.718 bits per heavy atom. The van der Waals surface area contributed by atoms with Crippen molar-refractivity contribution >= 4 is 30.4 Å². The Labute approximate surface area is 439 Å². The van der Waals surface area contributed by atoms with Crippen LogP contribution in [0.3, 0.4) is 0 Å². The molecule has 0 spiro atoms. The Hall–Kier alpha value is -1.94. The van der Waals surface area contributed by atoms with Gasteiger partial charge in [-0.15, -0.1) is 0 Å². The van der Waals surface area contributed by atoms with E-state index in [0.29, 0.717) is 0 Å². The summed E-state index contributed by atoms with van der Waals surface area (Å²) in [6.45, 7) is 9.67. The molecule has 3 aromatic carbocycles. The molecular weight excluding hydrogens is 989 g/mol. The van der Waals surface area contributed by atoms with Crippen LogP contribution in [0.5, 0.6) is 0 Å². The summed E-state index contributed by atoms with van der Waals surface area (Å²) >= 11 is -6.51. The average Bonchev–Trinajstić information content (AvgIpc) is 3.33. The van der Waals surface area contributed by atoms with Crippen molar-refractivity contribution in [3.05, 3.63) is 89.5 Å². The predicted molar refractivity (Wildman–Crippen MR) is 287 cm³/mol. The monoisotopic (exact) mass is 1080 g/mol. The molecule has 0 saturated heterocycles. The van der Waals surface area contributed by atoms with Gasteiger partial charge in [0.15, 0.2) is 0 Å². The van der Waals surface area contributed by atoms with Gasteiger partial charge in [-0.25, -0.2) is 0 Å². The fraction of sp³-hybridized carbons (Fsp3) is 0.684. The summed E-state index contributed by atoms with van der Waals surface area (Å²) in [6, 6.07) is 18.3. The van der Waals surface area contributed by atoms with Crippen LogP contribution in [-0.4, -0.2) is 31.4 Å². The summed E-state index contributed by atoms with van der Waals surface area (Å²) in [5.41, 5.74) is 2.79. The summed E-state index contributed by atoms with van der Waals surface area (Å²) in [4.78, 5) is -0.955. The van der Waals surface area contributed by atoms with Gasteiger partial charge >= 0.3 is 325 Å². The predicted octanol–water partition coefficient (Wildman–Crippen LogP) is 16.8. The van der Waals surface area contributed by atoms with E-state index in [0.717, 1.165) is 93.7 Å². The van der Waals surface area contributed by atoms with Gasteiger partial charge < -0.3 is 0 Å². The molecule has 0 heterocycles. The quantitative estimate of drug-likeness (QED) is 0.0397. The van der Waals surface area contributed by atoms with Gasteiger partial charge in [0.1, 0.15) is 0 Å². The van der Waals surface area contributed by atoms with Crippen LogP contribution in [0.25, 0.3) is 0 Å². The minimum absolute atomic E-state index is 0.318. The SMILES string of the molecule is CCCCCCCCCCCCc1ccc(S(=O)(=O)[O][Ti]([O]C(C)C)([O]S(=O)(=O)c2ccc(CCCCCCCCCCCC)cc2)[O]S(=O)(=O)c2ccc(CCCCCCCCCCCC)cc2)cc1. The first kappa shape index (κ1) is 63.4. The van der Waals surface area contributed by atoms with Gasteiger partial charge in [-0.1, -0.05) is 117 Å². The topological polar surface area (TPSA) is 139 Å². The number of unbranched alkanes of at least 4 members (excludes halogenated alkanes) is 27. The van der Waals surface area contributed by atoms with E-state index in [1.807, 2.05) is 0 Å². The zero-order valence-corrected chi connectivity index (χ0v) is 48.7. The molecule has 71 heavy (non-hydrogen) atoms. The van der Waals surface area contributed by atoms with Crippen LogP contribution < -0.4 is 0 Å². The summed E-state index contributed by atoms with van der Waals surface area (Å²) in [5, 5.41) is 0. The van der Waals surface area contributed by atoms with Gasteiger partial charge in [-0.2, -0.15) is 0 Å². The second kappa shape index (κ2) is 36.1. The van der Waals surface area contributed by atoms with Crippen molar-refractivity contribution in [1.29, 1.82) is 0 Å². The van der Waals surface area contributed by atoms with E-state index < -0.39 is 54.6 Å².